The fraction of sp³-hybridized carbons (Fsp3) is 0.467. The molecule has 2 N–H and O–H groups in total. The van der Waals surface area contributed by atoms with Gasteiger partial charge >= 0.3 is 12.1 Å². The van der Waals surface area contributed by atoms with Gasteiger partial charge in [0, 0.05) is 25.2 Å². The molecule has 1 aliphatic rings. The molecular weight excluding hydrogens is 322 g/mol. The van der Waals surface area contributed by atoms with E-state index in [4.69, 9.17) is 21.1 Å². The number of carbonyl (C=O) groups excluding carboxylic acids is 2. The van der Waals surface area contributed by atoms with Gasteiger partial charge in [0.1, 0.15) is 5.75 Å². The van der Waals surface area contributed by atoms with Gasteiger partial charge in [0.05, 0.1) is 24.9 Å². The van der Waals surface area contributed by atoms with Gasteiger partial charge in [-0.15, -0.1) is 0 Å². The number of methoxy groups -OCH3 is 2. The van der Waals surface area contributed by atoms with E-state index < -0.39 is 0 Å². The number of urea groups is 1. The summed E-state index contributed by atoms with van der Waals surface area (Å²) in [6.45, 7) is 1.06. The summed E-state index contributed by atoms with van der Waals surface area (Å²) in [6, 6.07) is 4.51. The van der Waals surface area contributed by atoms with Gasteiger partial charge in [-0.3, -0.25) is 0 Å². The molecule has 126 valence electrons. The molecule has 1 aromatic rings. The van der Waals surface area contributed by atoms with Crippen molar-refractivity contribution >= 4 is 29.4 Å². The molecule has 0 saturated carbocycles. The van der Waals surface area contributed by atoms with E-state index in [2.05, 4.69) is 10.6 Å². The standard InChI is InChI=1S/C15H20ClN3O4/c1-22-11-5-6-13(12(16)8-11)18-14(20)17-10-4-3-7-19(9-10)15(21)23-2/h5-6,8,10H,3-4,7,9H2,1-2H3,(H2,17,18,20). The van der Waals surface area contributed by atoms with E-state index in [9.17, 15) is 9.59 Å². The molecular formula is C15H20ClN3O4. The van der Waals surface area contributed by atoms with Crippen LogP contribution in [0.3, 0.4) is 0 Å². The Bertz CT molecular complexity index is 582. The normalized spacial score (nSPS) is 17.3. The Kier molecular flexibility index (Phi) is 5.92. The lowest BCUT2D eigenvalue weighted by molar-refractivity contribution is 0.108. The lowest BCUT2D eigenvalue weighted by Gasteiger charge is -2.32. The van der Waals surface area contributed by atoms with E-state index >= 15 is 0 Å². The number of halogens is 1. The topological polar surface area (TPSA) is 79.9 Å². The second-order valence-electron chi connectivity index (χ2n) is 5.20. The summed E-state index contributed by atoms with van der Waals surface area (Å²) in [5.74, 6) is 0.613. The second-order valence-corrected chi connectivity index (χ2v) is 5.61. The number of nitrogens with zero attached hydrogens (tertiary/aromatic N) is 1. The van der Waals surface area contributed by atoms with Crippen molar-refractivity contribution in [2.24, 2.45) is 0 Å². The SMILES string of the molecule is COC(=O)N1CCCC(NC(=O)Nc2ccc(OC)cc2Cl)C1. The lowest BCUT2D eigenvalue weighted by atomic mass is 10.1. The van der Waals surface area contributed by atoms with Crippen LogP contribution in [0.1, 0.15) is 12.8 Å². The minimum atomic E-state index is -0.380. The second kappa shape index (κ2) is 7.92. The number of ether oxygens (including phenoxy) is 2. The fourth-order valence-electron chi connectivity index (χ4n) is 2.46. The maximum absolute atomic E-state index is 12.1. The van der Waals surface area contributed by atoms with Crippen LogP contribution in [0, 0.1) is 0 Å². The van der Waals surface area contributed by atoms with Crippen molar-refractivity contribution in [3.8, 4) is 5.75 Å². The van der Waals surface area contributed by atoms with Crippen LogP contribution < -0.4 is 15.4 Å². The van der Waals surface area contributed by atoms with Crippen molar-refractivity contribution in [3.05, 3.63) is 23.2 Å². The zero-order valence-corrected chi connectivity index (χ0v) is 13.9. The predicted octanol–water partition coefficient (Wildman–Crippen LogP) is 2.70. The van der Waals surface area contributed by atoms with Crippen molar-refractivity contribution in [3.63, 3.8) is 0 Å². The van der Waals surface area contributed by atoms with Crippen LogP contribution >= 0.6 is 11.6 Å². The van der Waals surface area contributed by atoms with Crippen molar-refractivity contribution in [2.45, 2.75) is 18.9 Å². The Morgan fingerprint density at radius 3 is 2.78 bits per heavy atom. The first kappa shape index (κ1) is 17.2. The number of anilines is 1. The van der Waals surface area contributed by atoms with Crippen LogP contribution in [-0.2, 0) is 4.74 Å². The van der Waals surface area contributed by atoms with Crippen LogP contribution in [0.25, 0.3) is 0 Å². The summed E-state index contributed by atoms with van der Waals surface area (Å²) in [4.78, 5) is 25.2. The third-order valence-electron chi connectivity index (χ3n) is 3.61. The van der Waals surface area contributed by atoms with Crippen LogP contribution in [0.4, 0.5) is 15.3 Å². The number of hydrogen-bond acceptors (Lipinski definition) is 4. The summed E-state index contributed by atoms with van der Waals surface area (Å²) in [5.41, 5.74) is 0.491. The van der Waals surface area contributed by atoms with Crippen LogP contribution in [0.15, 0.2) is 18.2 Å². The van der Waals surface area contributed by atoms with E-state index in [0.29, 0.717) is 29.5 Å². The number of nitrogens with one attached hydrogen (secondary N) is 2. The quantitative estimate of drug-likeness (QED) is 0.885. The summed E-state index contributed by atoms with van der Waals surface area (Å²) in [5, 5.41) is 5.93. The van der Waals surface area contributed by atoms with Crippen LogP contribution in [0.2, 0.25) is 5.02 Å². The summed E-state index contributed by atoms with van der Waals surface area (Å²) >= 11 is 6.09. The van der Waals surface area contributed by atoms with Crippen molar-refractivity contribution in [1.82, 2.24) is 10.2 Å². The van der Waals surface area contributed by atoms with Gasteiger partial charge in [-0.1, -0.05) is 11.6 Å². The summed E-state index contributed by atoms with van der Waals surface area (Å²) in [7, 11) is 2.89. The first-order chi connectivity index (χ1) is 11.0. The highest BCUT2D eigenvalue weighted by Crippen LogP contribution is 2.26. The van der Waals surface area contributed by atoms with Crippen LogP contribution in [0.5, 0.6) is 5.75 Å². The van der Waals surface area contributed by atoms with Gasteiger partial charge in [0.15, 0.2) is 0 Å². The van der Waals surface area contributed by atoms with E-state index in [-0.39, 0.29) is 18.2 Å². The molecule has 1 aromatic carbocycles. The van der Waals surface area contributed by atoms with Crippen molar-refractivity contribution in [1.29, 1.82) is 0 Å². The number of amides is 3. The maximum atomic E-state index is 12.1. The minimum Gasteiger partial charge on any atom is -0.497 e. The van der Waals surface area contributed by atoms with Gasteiger partial charge < -0.3 is 25.0 Å². The fourth-order valence-corrected chi connectivity index (χ4v) is 2.68. The highest BCUT2D eigenvalue weighted by molar-refractivity contribution is 6.33. The van der Waals surface area contributed by atoms with E-state index in [1.165, 1.54) is 7.11 Å². The van der Waals surface area contributed by atoms with Gasteiger partial charge in [-0.2, -0.15) is 0 Å². The number of rotatable bonds is 3. The number of benzene rings is 1. The number of hydrogen-bond donors (Lipinski definition) is 2. The van der Waals surface area contributed by atoms with Gasteiger partial charge in [0.25, 0.3) is 0 Å². The van der Waals surface area contributed by atoms with Crippen LogP contribution in [-0.4, -0.2) is 50.4 Å². The minimum absolute atomic E-state index is 0.125. The van der Waals surface area contributed by atoms with Gasteiger partial charge in [-0.05, 0) is 25.0 Å². The summed E-state index contributed by atoms with van der Waals surface area (Å²) < 4.78 is 9.76. The molecule has 2 rings (SSSR count). The third-order valence-corrected chi connectivity index (χ3v) is 3.93. The average molecular weight is 342 g/mol. The molecule has 1 saturated heterocycles. The molecule has 3 amide bonds. The van der Waals surface area contributed by atoms with E-state index in [0.717, 1.165) is 12.8 Å². The molecule has 7 nitrogen and oxygen atoms in total. The smallest absolute Gasteiger partial charge is 0.409 e. The Balaban J connectivity index is 1.90. The molecule has 0 radical (unpaired) electrons. The zero-order valence-electron chi connectivity index (χ0n) is 13.1. The summed E-state index contributed by atoms with van der Waals surface area (Å²) in [6.07, 6.45) is 1.23. The molecule has 1 fully saturated rings. The largest absolute Gasteiger partial charge is 0.497 e. The molecule has 8 heteroatoms. The molecule has 1 heterocycles. The van der Waals surface area contributed by atoms with E-state index in [1.807, 2.05) is 0 Å². The average Bonchev–Trinajstić information content (AvgIpc) is 2.56. The molecule has 0 spiro atoms. The highest BCUT2D eigenvalue weighted by atomic mass is 35.5. The molecule has 1 unspecified atom stereocenters. The first-order valence-electron chi connectivity index (χ1n) is 7.27. The molecule has 23 heavy (non-hydrogen) atoms. The Morgan fingerprint density at radius 2 is 2.13 bits per heavy atom. The van der Waals surface area contributed by atoms with Gasteiger partial charge in [0.2, 0.25) is 0 Å². The number of carbonyl (C=O) groups is 2. The molecule has 0 aliphatic carbocycles. The lowest BCUT2D eigenvalue weighted by Crippen LogP contribution is -2.50. The maximum Gasteiger partial charge on any atom is 0.409 e. The van der Waals surface area contributed by atoms with Crippen molar-refractivity contribution < 1.29 is 19.1 Å². The molecule has 1 aliphatic heterocycles. The van der Waals surface area contributed by atoms with E-state index in [1.54, 1.807) is 30.2 Å². The zero-order chi connectivity index (χ0) is 16.8. The predicted molar refractivity (Wildman–Crippen MR) is 87.2 cm³/mol. The highest BCUT2D eigenvalue weighted by Gasteiger charge is 2.25. The Hall–Kier alpha value is -2.15. The van der Waals surface area contributed by atoms with Crippen molar-refractivity contribution in [2.75, 3.05) is 32.6 Å². The third kappa shape index (κ3) is 4.66. The van der Waals surface area contributed by atoms with Gasteiger partial charge in [-0.25, -0.2) is 9.59 Å². The number of piperidine rings is 1. The molecule has 0 bridgehead atoms. The molecule has 0 aromatic heterocycles. The monoisotopic (exact) mass is 341 g/mol. The Labute approximate surface area is 139 Å². The number of likely N-dealkylation sites (tertiary alicyclic amines) is 1. The first-order valence-corrected chi connectivity index (χ1v) is 7.65. The molecule has 1 atom stereocenters. The Morgan fingerprint density at radius 1 is 1.35 bits per heavy atom.